The first-order valence-corrected chi connectivity index (χ1v) is 12.2. The zero-order valence-corrected chi connectivity index (χ0v) is 20.3. The second kappa shape index (κ2) is 10.7. The summed E-state index contributed by atoms with van der Waals surface area (Å²) >= 11 is 6.06. The van der Waals surface area contributed by atoms with E-state index in [4.69, 9.17) is 16.3 Å². The number of nitrogens with zero attached hydrogens (tertiary/aromatic N) is 3. The molecule has 1 atom stereocenters. The van der Waals surface area contributed by atoms with Gasteiger partial charge in [0.15, 0.2) is 6.17 Å². The monoisotopic (exact) mass is 486 g/mol. The van der Waals surface area contributed by atoms with Crippen LogP contribution < -0.4 is 21.5 Å². The van der Waals surface area contributed by atoms with Gasteiger partial charge in [0.2, 0.25) is 0 Å². The quantitative estimate of drug-likeness (QED) is 0.558. The summed E-state index contributed by atoms with van der Waals surface area (Å²) in [5.41, 5.74) is 0.529. The summed E-state index contributed by atoms with van der Waals surface area (Å²) in [6.45, 7) is 4.63. The second-order valence-corrected chi connectivity index (χ2v) is 9.40. The Bertz CT molecular complexity index is 1190. The predicted molar refractivity (Wildman–Crippen MR) is 133 cm³/mol. The smallest absolute Gasteiger partial charge is 0.332 e. The number of ether oxygens (including phenoxy) is 1. The zero-order valence-electron chi connectivity index (χ0n) is 19.6. The molecule has 0 spiro atoms. The van der Waals surface area contributed by atoms with Gasteiger partial charge in [-0.2, -0.15) is 0 Å². The van der Waals surface area contributed by atoms with Crippen molar-refractivity contribution in [1.82, 2.24) is 9.13 Å². The molecule has 9 heteroatoms. The van der Waals surface area contributed by atoms with E-state index in [1.54, 1.807) is 4.57 Å². The van der Waals surface area contributed by atoms with Crippen LogP contribution in [0.25, 0.3) is 0 Å². The molecule has 1 aromatic carbocycles. The Morgan fingerprint density at radius 3 is 2.59 bits per heavy atom. The Labute approximate surface area is 204 Å². The molecule has 1 aromatic heterocycles. The van der Waals surface area contributed by atoms with Crippen molar-refractivity contribution in [3.8, 4) is 11.8 Å². The van der Waals surface area contributed by atoms with E-state index in [1.165, 1.54) is 11.0 Å². The van der Waals surface area contributed by atoms with E-state index < -0.39 is 17.4 Å². The molecule has 4 rings (SSSR count). The molecule has 1 aliphatic carbocycles. The van der Waals surface area contributed by atoms with Crippen LogP contribution in [0, 0.1) is 11.8 Å². The highest BCUT2D eigenvalue weighted by molar-refractivity contribution is 6.30. The highest BCUT2D eigenvalue weighted by atomic mass is 35.5. The summed E-state index contributed by atoms with van der Waals surface area (Å²) in [5, 5.41) is 13.1. The number of aliphatic hydroxyl groups is 1. The van der Waals surface area contributed by atoms with Gasteiger partial charge in [-0.1, -0.05) is 35.6 Å². The molecule has 1 fully saturated rings. The minimum absolute atomic E-state index is 0.101. The van der Waals surface area contributed by atoms with Gasteiger partial charge in [-0.3, -0.25) is 13.9 Å². The van der Waals surface area contributed by atoms with Crippen LogP contribution in [-0.4, -0.2) is 39.7 Å². The SMILES string of the molecule is CC(C)n1c2c(c(=O)n(CCCO)c1=O)NC(C#CCOC1CCC1)N2Cc1ccc(Cl)cc1. The van der Waals surface area contributed by atoms with Crippen LogP contribution in [0.1, 0.15) is 51.1 Å². The Kier molecular flexibility index (Phi) is 7.67. The summed E-state index contributed by atoms with van der Waals surface area (Å²) < 4.78 is 8.59. The molecule has 1 unspecified atom stereocenters. The first kappa shape index (κ1) is 24.4. The number of hydrogen-bond donors (Lipinski definition) is 2. The summed E-state index contributed by atoms with van der Waals surface area (Å²) in [6, 6.07) is 7.29. The summed E-state index contributed by atoms with van der Waals surface area (Å²) in [4.78, 5) is 28.6. The molecule has 2 aliphatic rings. The molecule has 1 aliphatic heterocycles. The maximum Gasteiger partial charge on any atom is 0.332 e. The lowest BCUT2D eigenvalue weighted by atomic mass is 9.96. The van der Waals surface area contributed by atoms with Gasteiger partial charge in [-0.15, -0.1) is 0 Å². The number of aromatic nitrogens is 2. The molecule has 0 radical (unpaired) electrons. The molecule has 2 N–H and O–H groups in total. The van der Waals surface area contributed by atoms with Crippen LogP contribution >= 0.6 is 11.6 Å². The number of anilines is 2. The average molecular weight is 487 g/mol. The molecule has 0 bridgehead atoms. The Morgan fingerprint density at radius 1 is 1.24 bits per heavy atom. The summed E-state index contributed by atoms with van der Waals surface area (Å²) in [5.74, 6) is 6.82. The van der Waals surface area contributed by atoms with Crippen LogP contribution in [0.5, 0.6) is 0 Å². The van der Waals surface area contributed by atoms with Crippen molar-refractivity contribution >= 4 is 23.1 Å². The summed E-state index contributed by atoms with van der Waals surface area (Å²) in [7, 11) is 0. The van der Waals surface area contributed by atoms with E-state index in [0.29, 0.717) is 36.1 Å². The van der Waals surface area contributed by atoms with Crippen LogP contribution in [-0.2, 0) is 17.8 Å². The number of aliphatic hydroxyl groups excluding tert-OH is 1. The van der Waals surface area contributed by atoms with Crippen molar-refractivity contribution in [3.63, 3.8) is 0 Å². The van der Waals surface area contributed by atoms with Gasteiger partial charge in [0, 0.05) is 30.8 Å². The molecule has 34 heavy (non-hydrogen) atoms. The lowest BCUT2D eigenvalue weighted by Gasteiger charge is -2.27. The number of fused-ring (bicyclic) bond motifs is 1. The normalized spacial score (nSPS) is 17.2. The van der Waals surface area contributed by atoms with E-state index in [1.807, 2.05) is 43.0 Å². The molecule has 8 nitrogen and oxygen atoms in total. The lowest BCUT2D eigenvalue weighted by molar-refractivity contribution is 0.0216. The molecular formula is C25H31ClN4O4. The molecule has 1 saturated carbocycles. The fraction of sp³-hybridized carbons (Fsp3) is 0.520. The van der Waals surface area contributed by atoms with E-state index >= 15 is 0 Å². The number of nitrogens with one attached hydrogen (secondary N) is 1. The topological polar surface area (TPSA) is 88.7 Å². The highest BCUT2D eigenvalue weighted by Gasteiger charge is 2.35. The highest BCUT2D eigenvalue weighted by Crippen LogP contribution is 2.34. The maximum atomic E-state index is 13.3. The fourth-order valence-corrected chi connectivity index (χ4v) is 4.32. The van der Waals surface area contributed by atoms with Crippen molar-refractivity contribution in [2.24, 2.45) is 0 Å². The van der Waals surface area contributed by atoms with E-state index in [9.17, 15) is 14.7 Å². The third kappa shape index (κ3) is 5.02. The van der Waals surface area contributed by atoms with Crippen molar-refractivity contribution < 1.29 is 9.84 Å². The van der Waals surface area contributed by atoms with Gasteiger partial charge in [0.1, 0.15) is 18.1 Å². The zero-order chi connectivity index (χ0) is 24.2. The molecule has 0 saturated heterocycles. The summed E-state index contributed by atoms with van der Waals surface area (Å²) in [6.07, 6.45) is 3.46. The van der Waals surface area contributed by atoms with E-state index in [2.05, 4.69) is 17.2 Å². The van der Waals surface area contributed by atoms with E-state index in [-0.39, 0.29) is 25.3 Å². The minimum atomic E-state index is -0.499. The maximum absolute atomic E-state index is 13.3. The number of halogens is 1. The van der Waals surface area contributed by atoms with Gasteiger partial charge in [-0.25, -0.2) is 4.79 Å². The first-order chi connectivity index (χ1) is 16.4. The van der Waals surface area contributed by atoms with Crippen LogP contribution in [0.2, 0.25) is 5.02 Å². The third-order valence-electron chi connectivity index (χ3n) is 6.22. The first-order valence-electron chi connectivity index (χ1n) is 11.8. The largest absolute Gasteiger partial charge is 0.396 e. The number of hydrogen-bond acceptors (Lipinski definition) is 6. The number of rotatable bonds is 8. The second-order valence-electron chi connectivity index (χ2n) is 8.97. The minimum Gasteiger partial charge on any atom is -0.396 e. The van der Waals surface area contributed by atoms with Gasteiger partial charge in [0.25, 0.3) is 5.56 Å². The standard InChI is InChI=1S/C25H31ClN4O4/c1-17(2)30-23-22(24(32)28(25(30)33)13-5-14-31)27-21(8-4-15-34-20-6-3-7-20)29(23)16-18-9-11-19(26)12-10-18/h9-12,17,20-21,27,31H,3,5-7,13-16H2,1-2H3. The molecule has 0 amide bonds. The average Bonchev–Trinajstić information content (AvgIpc) is 3.11. The fourth-order valence-electron chi connectivity index (χ4n) is 4.20. The Morgan fingerprint density at radius 2 is 1.97 bits per heavy atom. The molecule has 182 valence electrons. The predicted octanol–water partition coefficient (Wildman–Crippen LogP) is 2.96. The Hall–Kier alpha value is -2.73. The number of benzene rings is 1. The van der Waals surface area contributed by atoms with Crippen molar-refractivity contribution in [1.29, 1.82) is 0 Å². The van der Waals surface area contributed by atoms with Gasteiger partial charge in [-0.05, 0) is 57.2 Å². The van der Waals surface area contributed by atoms with Gasteiger partial charge >= 0.3 is 5.69 Å². The third-order valence-corrected chi connectivity index (χ3v) is 6.47. The van der Waals surface area contributed by atoms with Crippen molar-refractivity contribution in [3.05, 3.63) is 55.7 Å². The molecule has 2 heterocycles. The lowest BCUT2D eigenvalue weighted by Crippen LogP contribution is -2.42. The van der Waals surface area contributed by atoms with Crippen molar-refractivity contribution in [2.45, 2.75) is 70.9 Å². The Balaban J connectivity index is 1.74. The van der Waals surface area contributed by atoms with Gasteiger partial charge in [0.05, 0.1) is 6.10 Å². The molecular weight excluding hydrogens is 456 g/mol. The van der Waals surface area contributed by atoms with Crippen molar-refractivity contribution in [2.75, 3.05) is 23.4 Å². The van der Waals surface area contributed by atoms with Crippen LogP contribution in [0.15, 0.2) is 33.9 Å². The van der Waals surface area contributed by atoms with Gasteiger partial charge < -0.3 is 20.1 Å². The van der Waals surface area contributed by atoms with Crippen LogP contribution in [0.4, 0.5) is 11.5 Å². The van der Waals surface area contributed by atoms with E-state index in [0.717, 1.165) is 18.4 Å². The van der Waals surface area contributed by atoms with Crippen LogP contribution in [0.3, 0.4) is 0 Å². The molecule has 2 aromatic rings.